The molecule has 1 aromatic rings. The molecule has 1 aromatic heterocycles. The van der Waals surface area contributed by atoms with E-state index in [4.69, 9.17) is 9.15 Å². The van der Waals surface area contributed by atoms with E-state index in [0.717, 1.165) is 31.2 Å². The van der Waals surface area contributed by atoms with Crippen LogP contribution < -0.4 is 0 Å². The molecule has 1 fully saturated rings. The molecule has 1 aliphatic rings. The van der Waals surface area contributed by atoms with E-state index in [1.807, 2.05) is 6.92 Å². The van der Waals surface area contributed by atoms with Gasteiger partial charge in [-0.1, -0.05) is 0 Å². The number of aryl methyl sites for hydroxylation is 1. The Kier molecular flexibility index (Phi) is 2.65. The lowest BCUT2D eigenvalue weighted by Gasteiger charge is -2.25. The van der Waals surface area contributed by atoms with E-state index in [-0.39, 0.29) is 5.78 Å². The van der Waals surface area contributed by atoms with E-state index < -0.39 is 5.60 Å². The van der Waals surface area contributed by atoms with Crippen LogP contribution in [0, 0.1) is 6.92 Å². The van der Waals surface area contributed by atoms with Gasteiger partial charge in [0.2, 0.25) is 0 Å². The largest absolute Gasteiger partial charge is 0.472 e. The fourth-order valence-electron chi connectivity index (χ4n) is 2.31. The van der Waals surface area contributed by atoms with Crippen LogP contribution in [0.15, 0.2) is 16.9 Å². The predicted molar refractivity (Wildman–Crippen MR) is 56.0 cm³/mol. The Morgan fingerprint density at radius 3 is 2.53 bits per heavy atom. The molecule has 0 spiro atoms. The summed E-state index contributed by atoms with van der Waals surface area (Å²) in [5, 5.41) is 0. The quantitative estimate of drug-likeness (QED) is 0.717. The monoisotopic (exact) mass is 208 g/mol. The fourth-order valence-corrected chi connectivity index (χ4v) is 2.31. The fraction of sp³-hybridized carbons (Fsp3) is 0.583. The third-order valence-electron chi connectivity index (χ3n) is 3.32. The van der Waals surface area contributed by atoms with Crippen molar-refractivity contribution in [1.82, 2.24) is 0 Å². The Morgan fingerprint density at radius 2 is 2.07 bits per heavy atom. The van der Waals surface area contributed by atoms with Gasteiger partial charge in [-0.15, -0.1) is 0 Å². The highest BCUT2D eigenvalue weighted by atomic mass is 16.5. The Morgan fingerprint density at radius 1 is 1.40 bits per heavy atom. The maximum Gasteiger partial charge on any atom is 0.198 e. The van der Waals surface area contributed by atoms with E-state index in [2.05, 4.69) is 0 Å². The average Bonchev–Trinajstić information content (AvgIpc) is 2.86. The van der Waals surface area contributed by atoms with Gasteiger partial charge in [0.15, 0.2) is 5.78 Å². The summed E-state index contributed by atoms with van der Waals surface area (Å²) in [6.45, 7) is 1.88. The topological polar surface area (TPSA) is 39.4 Å². The number of ketones is 1. The van der Waals surface area contributed by atoms with Crippen molar-refractivity contribution < 1.29 is 13.9 Å². The van der Waals surface area contributed by atoms with Gasteiger partial charge < -0.3 is 9.15 Å². The van der Waals surface area contributed by atoms with Crippen molar-refractivity contribution in [1.29, 1.82) is 0 Å². The normalized spacial score (nSPS) is 19.3. The highest BCUT2D eigenvalue weighted by molar-refractivity contribution is 6.03. The van der Waals surface area contributed by atoms with Crippen molar-refractivity contribution in [2.75, 3.05) is 7.11 Å². The molecule has 3 heteroatoms. The maximum absolute atomic E-state index is 12.3. The predicted octanol–water partition coefficient (Wildman–Crippen LogP) is 2.73. The van der Waals surface area contributed by atoms with Gasteiger partial charge in [0, 0.05) is 7.11 Å². The van der Waals surface area contributed by atoms with Crippen LogP contribution in [0.4, 0.5) is 0 Å². The lowest BCUT2D eigenvalue weighted by Crippen LogP contribution is -2.37. The Balaban J connectivity index is 2.30. The Bertz CT molecular complexity index is 359. The van der Waals surface area contributed by atoms with Gasteiger partial charge in [0.1, 0.15) is 11.9 Å². The van der Waals surface area contributed by atoms with Gasteiger partial charge in [-0.2, -0.15) is 0 Å². The minimum Gasteiger partial charge on any atom is -0.472 e. The maximum atomic E-state index is 12.3. The van der Waals surface area contributed by atoms with Crippen molar-refractivity contribution in [3.05, 3.63) is 23.7 Å². The molecule has 0 aromatic carbocycles. The summed E-state index contributed by atoms with van der Waals surface area (Å²) in [5.41, 5.74) is 0.969. The molecule has 0 unspecified atom stereocenters. The molecular formula is C12H16O3. The van der Waals surface area contributed by atoms with Crippen LogP contribution in [-0.4, -0.2) is 18.5 Å². The number of ether oxygens (including phenoxy) is 1. The van der Waals surface area contributed by atoms with Crippen molar-refractivity contribution >= 4 is 5.78 Å². The number of hydrogen-bond donors (Lipinski definition) is 0. The molecule has 1 heterocycles. The van der Waals surface area contributed by atoms with Crippen molar-refractivity contribution in [2.45, 2.75) is 38.2 Å². The zero-order valence-corrected chi connectivity index (χ0v) is 9.21. The highest BCUT2D eigenvalue weighted by Crippen LogP contribution is 2.36. The van der Waals surface area contributed by atoms with E-state index in [0.29, 0.717) is 5.56 Å². The van der Waals surface area contributed by atoms with Crippen LogP contribution >= 0.6 is 0 Å². The number of rotatable bonds is 3. The summed E-state index contributed by atoms with van der Waals surface area (Å²) in [4.78, 5) is 12.3. The van der Waals surface area contributed by atoms with E-state index >= 15 is 0 Å². The first-order valence-electron chi connectivity index (χ1n) is 5.32. The van der Waals surface area contributed by atoms with Gasteiger partial charge in [0.05, 0.1) is 11.8 Å². The molecule has 0 radical (unpaired) electrons. The third-order valence-corrected chi connectivity index (χ3v) is 3.32. The number of furan rings is 1. The van der Waals surface area contributed by atoms with Gasteiger partial charge in [-0.25, -0.2) is 0 Å². The minimum atomic E-state index is -0.589. The van der Waals surface area contributed by atoms with Crippen LogP contribution in [0.3, 0.4) is 0 Å². The molecule has 1 saturated carbocycles. The highest BCUT2D eigenvalue weighted by Gasteiger charge is 2.42. The third kappa shape index (κ3) is 1.61. The minimum absolute atomic E-state index is 0.0775. The van der Waals surface area contributed by atoms with E-state index in [9.17, 15) is 4.79 Å². The van der Waals surface area contributed by atoms with Crippen LogP contribution in [-0.2, 0) is 4.74 Å². The SMILES string of the molecule is COC1(C(=O)c2cocc2C)CCCC1. The van der Waals surface area contributed by atoms with Crippen molar-refractivity contribution in [2.24, 2.45) is 0 Å². The first-order chi connectivity index (χ1) is 7.19. The molecule has 0 atom stereocenters. The van der Waals surface area contributed by atoms with Crippen molar-refractivity contribution in [3.63, 3.8) is 0 Å². The molecular weight excluding hydrogens is 192 g/mol. The number of carbonyl (C=O) groups excluding carboxylic acids is 1. The average molecular weight is 208 g/mol. The van der Waals surface area contributed by atoms with Gasteiger partial charge >= 0.3 is 0 Å². The molecule has 15 heavy (non-hydrogen) atoms. The Labute approximate surface area is 89.4 Å². The standard InChI is InChI=1S/C12H16O3/c1-9-7-15-8-10(9)11(13)12(14-2)5-3-4-6-12/h7-8H,3-6H2,1-2H3. The summed E-state index contributed by atoms with van der Waals surface area (Å²) in [6, 6.07) is 0. The summed E-state index contributed by atoms with van der Waals surface area (Å²) < 4.78 is 10.5. The van der Waals surface area contributed by atoms with Crippen LogP contribution in [0.2, 0.25) is 0 Å². The number of Topliss-reactive ketones (excluding diaryl/α,β-unsaturated/α-hetero) is 1. The number of carbonyl (C=O) groups is 1. The second-order valence-electron chi connectivity index (χ2n) is 4.20. The lowest BCUT2D eigenvalue weighted by molar-refractivity contribution is 0.00592. The lowest BCUT2D eigenvalue weighted by atomic mass is 9.91. The summed E-state index contributed by atoms with van der Waals surface area (Å²) in [5.74, 6) is 0.0775. The van der Waals surface area contributed by atoms with E-state index in [1.165, 1.54) is 6.26 Å². The smallest absolute Gasteiger partial charge is 0.198 e. The molecule has 1 aliphatic carbocycles. The molecule has 0 N–H and O–H groups in total. The van der Waals surface area contributed by atoms with E-state index in [1.54, 1.807) is 13.4 Å². The molecule has 82 valence electrons. The second kappa shape index (κ2) is 3.81. The van der Waals surface area contributed by atoms with Gasteiger partial charge in [-0.3, -0.25) is 4.79 Å². The summed E-state index contributed by atoms with van der Waals surface area (Å²) in [7, 11) is 1.62. The second-order valence-corrected chi connectivity index (χ2v) is 4.20. The van der Waals surface area contributed by atoms with Crippen molar-refractivity contribution in [3.8, 4) is 0 Å². The van der Waals surface area contributed by atoms with Gasteiger partial charge in [-0.05, 0) is 38.2 Å². The molecule has 0 aliphatic heterocycles. The van der Waals surface area contributed by atoms with Gasteiger partial charge in [0.25, 0.3) is 0 Å². The molecule has 2 rings (SSSR count). The number of hydrogen-bond acceptors (Lipinski definition) is 3. The zero-order chi connectivity index (χ0) is 10.9. The number of methoxy groups -OCH3 is 1. The summed E-state index contributed by atoms with van der Waals surface area (Å²) in [6.07, 6.45) is 6.91. The zero-order valence-electron chi connectivity index (χ0n) is 9.21. The van der Waals surface area contributed by atoms with Crippen LogP contribution in [0.1, 0.15) is 41.6 Å². The first kappa shape index (κ1) is 10.4. The molecule has 0 bridgehead atoms. The molecule has 0 amide bonds. The first-order valence-corrected chi connectivity index (χ1v) is 5.32. The summed E-state index contributed by atoms with van der Waals surface area (Å²) >= 11 is 0. The van der Waals surface area contributed by atoms with Crippen LogP contribution in [0.25, 0.3) is 0 Å². The molecule has 0 saturated heterocycles. The van der Waals surface area contributed by atoms with Crippen LogP contribution in [0.5, 0.6) is 0 Å². The molecule has 3 nitrogen and oxygen atoms in total. The Hall–Kier alpha value is -1.09.